The van der Waals surface area contributed by atoms with Crippen LogP contribution in [-0.4, -0.2) is 65.4 Å². The molecule has 0 spiro atoms. The first-order chi connectivity index (χ1) is 15.6. The van der Waals surface area contributed by atoms with Crippen LogP contribution in [0, 0.1) is 5.82 Å². The Kier molecular flexibility index (Phi) is 6.87. The van der Waals surface area contributed by atoms with E-state index in [2.05, 4.69) is 28.2 Å². The minimum Gasteiger partial charge on any atom is -0.484 e. The fraction of sp³-hybridized carbons (Fsp3) is 0.652. The maximum Gasteiger partial charge on any atom is 0.258 e. The van der Waals surface area contributed by atoms with Gasteiger partial charge in [0.1, 0.15) is 11.6 Å². The van der Waals surface area contributed by atoms with Crippen LogP contribution in [0.4, 0.5) is 4.39 Å². The molecule has 2 amide bonds. The number of carbonyl (C=O) groups excluding carboxylic acids is 2. The van der Waals surface area contributed by atoms with Crippen LogP contribution in [0.15, 0.2) is 18.2 Å². The summed E-state index contributed by atoms with van der Waals surface area (Å²) in [6.07, 6.45) is 2.05. The third kappa shape index (κ3) is 5.11. The first-order valence-corrected chi connectivity index (χ1v) is 11.9. The van der Waals surface area contributed by atoms with Gasteiger partial charge in [-0.1, -0.05) is 11.6 Å². The second kappa shape index (κ2) is 9.37. The Labute approximate surface area is 198 Å². The SMILES string of the molecule is CC1NCC(C(=O)NC23CCC(NC(=O)COc4ccc(Cl)c(F)c4)(CC2)[C@@H](O)C3)NC1C. The smallest absolute Gasteiger partial charge is 0.258 e. The Morgan fingerprint density at radius 2 is 1.94 bits per heavy atom. The topological polar surface area (TPSA) is 112 Å². The molecule has 1 heterocycles. The fourth-order valence-electron chi connectivity index (χ4n) is 5.21. The van der Waals surface area contributed by atoms with E-state index in [1.165, 1.54) is 12.1 Å². The van der Waals surface area contributed by atoms with E-state index in [9.17, 15) is 19.1 Å². The van der Waals surface area contributed by atoms with Crippen LogP contribution in [0.1, 0.15) is 46.0 Å². The van der Waals surface area contributed by atoms with E-state index in [0.717, 1.165) is 6.07 Å². The number of piperazine rings is 1. The summed E-state index contributed by atoms with van der Waals surface area (Å²) >= 11 is 5.66. The quantitative estimate of drug-likeness (QED) is 0.417. The van der Waals surface area contributed by atoms with E-state index >= 15 is 0 Å². The van der Waals surface area contributed by atoms with Crippen molar-refractivity contribution in [2.24, 2.45) is 0 Å². The van der Waals surface area contributed by atoms with Crippen LogP contribution >= 0.6 is 11.6 Å². The number of carbonyl (C=O) groups is 2. The molecule has 4 aliphatic rings. The highest BCUT2D eigenvalue weighted by atomic mass is 35.5. The minimum absolute atomic E-state index is 0.0200. The molecule has 1 saturated heterocycles. The number of ether oxygens (including phenoxy) is 1. The molecule has 182 valence electrons. The van der Waals surface area contributed by atoms with Crippen LogP contribution in [0.2, 0.25) is 5.02 Å². The Morgan fingerprint density at radius 1 is 1.21 bits per heavy atom. The highest BCUT2D eigenvalue weighted by Crippen LogP contribution is 2.47. The molecular formula is C23H32ClFN4O4. The molecule has 0 radical (unpaired) electrons. The number of fused-ring (bicyclic) bond motifs is 3. The van der Waals surface area contributed by atoms with Crippen molar-refractivity contribution in [1.29, 1.82) is 0 Å². The predicted molar refractivity (Wildman–Crippen MR) is 122 cm³/mol. The molecule has 1 aliphatic heterocycles. The largest absolute Gasteiger partial charge is 0.484 e. The summed E-state index contributed by atoms with van der Waals surface area (Å²) in [6, 6.07) is 4.14. The molecule has 5 N–H and O–H groups in total. The van der Waals surface area contributed by atoms with Gasteiger partial charge in [-0.15, -0.1) is 0 Å². The average molecular weight is 483 g/mol. The van der Waals surface area contributed by atoms with Crippen molar-refractivity contribution >= 4 is 23.4 Å². The fourth-order valence-corrected chi connectivity index (χ4v) is 5.33. The number of aliphatic hydroxyl groups is 1. The van der Waals surface area contributed by atoms with Gasteiger partial charge in [0.25, 0.3) is 5.91 Å². The molecular weight excluding hydrogens is 451 g/mol. The second-order valence-corrected chi connectivity index (χ2v) is 10.2. The number of benzene rings is 1. The van der Waals surface area contributed by atoms with Gasteiger partial charge in [0.05, 0.1) is 22.7 Å². The molecule has 3 aliphatic carbocycles. The summed E-state index contributed by atoms with van der Waals surface area (Å²) in [5.41, 5.74) is -1.21. The lowest BCUT2D eigenvalue weighted by atomic mass is 9.59. The Morgan fingerprint density at radius 3 is 2.58 bits per heavy atom. The molecule has 8 nitrogen and oxygen atoms in total. The summed E-state index contributed by atoms with van der Waals surface area (Å²) in [5.74, 6) is -0.864. The number of halogens is 2. The number of rotatable bonds is 6. The lowest BCUT2D eigenvalue weighted by Gasteiger charge is -2.56. The van der Waals surface area contributed by atoms with E-state index in [1.807, 2.05) is 6.92 Å². The van der Waals surface area contributed by atoms with Crippen molar-refractivity contribution in [1.82, 2.24) is 21.3 Å². The van der Waals surface area contributed by atoms with E-state index in [0.29, 0.717) is 44.7 Å². The Bertz CT molecular complexity index is 908. The first kappa shape index (κ1) is 24.2. The number of hydrogen-bond acceptors (Lipinski definition) is 6. The van der Waals surface area contributed by atoms with E-state index in [4.69, 9.17) is 16.3 Å². The summed E-state index contributed by atoms with van der Waals surface area (Å²) in [6.45, 7) is 4.39. The van der Waals surface area contributed by atoms with Gasteiger partial charge in [-0.2, -0.15) is 0 Å². The summed E-state index contributed by atoms with van der Waals surface area (Å²) in [5, 5.41) is 23.7. The molecule has 10 heteroatoms. The zero-order valence-electron chi connectivity index (χ0n) is 18.9. The van der Waals surface area contributed by atoms with Gasteiger partial charge in [-0.05, 0) is 58.1 Å². The van der Waals surface area contributed by atoms with Gasteiger partial charge in [0.2, 0.25) is 5.91 Å². The number of amides is 2. The number of hydrogen-bond donors (Lipinski definition) is 5. The third-order valence-electron chi connectivity index (χ3n) is 7.53. The van der Waals surface area contributed by atoms with Crippen molar-refractivity contribution in [2.75, 3.05) is 13.2 Å². The predicted octanol–water partition coefficient (Wildman–Crippen LogP) is 1.24. The van der Waals surface area contributed by atoms with Gasteiger partial charge in [-0.25, -0.2) is 4.39 Å². The molecule has 3 unspecified atom stereocenters. The molecule has 3 saturated carbocycles. The normalized spacial score (nSPS) is 35.7. The van der Waals surface area contributed by atoms with Crippen molar-refractivity contribution in [3.8, 4) is 5.75 Å². The molecule has 33 heavy (non-hydrogen) atoms. The highest BCUT2D eigenvalue weighted by molar-refractivity contribution is 6.30. The van der Waals surface area contributed by atoms with E-state index in [1.54, 1.807) is 0 Å². The maximum absolute atomic E-state index is 13.5. The van der Waals surface area contributed by atoms with Gasteiger partial charge in [0, 0.05) is 30.2 Å². The summed E-state index contributed by atoms with van der Waals surface area (Å²) in [4.78, 5) is 25.4. The standard InChI is InChI=1S/C23H32ClFN4O4/c1-13-14(2)27-18(11-26-13)21(32)29-22-5-7-23(8-6-22,19(30)10-22)28-20(31)12-33-15-3-4-16(24)17(25)9-15/h3-4,9,13-14,18-19,26-27,30H,5-8,10-12H2,1-2H3,(H,28,31)(H,29,32)/t13?,14?,18?,19-,22?,23?/m0/s1. The highest BCUT2D eigenvalue weighted by Gasteiger charge is 2.55. The lowest BCUT2D eigenvalue weighted by Crippen LogP contribution is -2.72. The second-order valence-electron chi connectivity index (χ2n) is 9.76. The van der Waals surface area contributed by atoms with Crippen molar-refractivity contribution in [3.63, 3.8) is 0 Å². The molecule has 2 bridgehead atoms. The van der Waals surface area contributed by atoms with Crippen LogP contribution in [-0.2, 0) is 9.59 Å². The molecule has 5 rings (SSSR count). The molecule has 4 atom stereocenters. The molecule has 1 aromatic carbocycles. The first-order valence-electron chi connectivity index (χ1n) is 11.5. The van der Waals surface area contributed by atoms with Crippen LogP contribution in [0.25, 0.3) is 0 Å². The Hall–Kier alpha value is -1.94. The monoisotopic (exact) mass is 482 g/mol. The van der Waals surface area contributed by atoms with Gasteiger partial charge >= 0.3 is 0 Å². The summed E-state index contributed by atoms with van der Waals surface area (Å²) in [7, 11) is 0. The van der Waals surface area contributed by atoms with Gasteiger partial charge < -0.3 is 31.1 Å². The van der Waals surface area contributed by atoms with Gasteiger partial charge in [-0.3, -0.25) is 9.59 Å². The third-order valence-corrected chi connectivity index (χ3v) is 7.84. The van der Waals surface area contributed by atoms with Crippen molar-refractivity contribution < 1.29 is 23.8 Å². The molecule has 1 aromatic rings. The summed E-state index contributed by atoms with van der Waals surface area (Å²) < 4.78 is 18.9. The lowest BCUT2D eigenvalue weighted by molar-refractivity contribution is -0.137. The van der Waals surface area contributed by atoms with Gasteiger partial charge in [0.15, 0.2) is 6.61 Å². The van der Waals surface area contributed by atoms with Crippen LogP contribution < -0.4 is 26.0 Å². The number of nitrogens with one attached hydrogen (secondary N) is 4. The van der Waals surface area contributed by atoms with Crippen LogP contribution in [0.5, 0.6) is 5.75 Å². The zero-order chi connectivity index (χ0) is 23.8. The Balaban J connectivity index is 1.31. The molecule has 0 aromatic heterocycles. The van der Waals surface area contributed by atoms with Crippen molar-refractivity contribution in [3.05, 3.63) is 29.0 Å². The number of aliphatic hydroxyl groups excluding tert-OH is 1. The van der Waals surface area contributed by atoms with Crippen LogP contribution in [0.3, 0.4) is 0 Å². The van der Waals surface area contributed by atoms with E-state index < -0.39 is 23.0 Å². The average Bonchev–Trinajstić information content (AvgIpc) is 2.77. The zero-order valence-corrected chi connectivity index (χ0v) is 19.7. The molecule has 4 fully saturated rings. The maximum atomic E-state index is 13.5. The van der Waals surface area contributed by atoms with E-state index in [-0.39, 0.29) is 41.3 Å². The minimum atomic E-state index is -0.784. The van der Waals surface area contributed by atoms with Crippen molar-refractivity contribution in [2.45, 2.75) is 81.3 Å².